The van der Waals surface area contributed by atoms with Crippen molar-refractivity contribution in [1.29, 1.82) is 0 Å². The van der Waals surface area contributed by atoms with Gasteiger partial charge in [-0.1, -0.05) is 25.0 Å². The van der Waals surface area contributed by atoms with Gasteiger partial charge in [0.05, 0.1) is 12.7 Å². The topological polar surface area (TPSA) is 92.9 Å². The molecule has 3 atom stereocenters. The summed E-state index contributed by atoms with van der Waals surface area (Å²) in [5.74, 6) is 0.0291. The minimum Gasteiger partial charge on any atom is -0.496 e. The van der Waals surface area contributed by atoms with Crippen LogP contribution in [0.2, 0.25) is 0 Å². The molecule has 2 aliphatic rings. The molecule has 32 heavy (non-hydrogen) atoms. The largest absolute Gasteiger partial charge is 0.496 e. The second-order valence-electron chi connectivity index (χ2n) is 8.58. The lowest BCUT2D eigenvalue weighted by molar-refractivity contribution is -0.122. The lowest BCUT2D eigenvalue weighted by Crippen LogP contribution is -2.50. The van der Waals surface area contributed by atoms with Crippen LogP contribution in [0.4, 0.5) is 5.69 Å². The van der Waals surface area contributed by atoms with Crippen molar-refractivity contribution < 1.29 is 19.1 Å². The number of ether oxygens (including phenoxy) is 1. The Morgan fingerprint density at radius 3 is 2.41 bits per heavy atom. The Hall–Kier alpha value is -3.35. The minimum absolute atomic E-state index is 0.0562. The molecule has 168 valence electrons. The Bertz CT molecular complexity index is 1020. The number of nitrogens with zero attached hydrogens (tertiary/aromatic N) is 2. The fraction of sp³-hybridized carbons (Fsp3) is 0.400. The van der Waals surface area contributed by atoms with Crippen LogP contribution in [0.1, 0.15) is 52.8 Å². The summed E-state index contributed by atoms with van der Waals surface area (Å²) in [6, 6.07) is 13.3. The van der Waals surface area contributed by atoms with Gasteiger partial charge in [0, 0.05) is 24.3 Å². The summed E-state index contributed by atoms with van der Waals surface area (Å²) < 4.78 is 5.42. The standard InChI is InChI=1S/C25H29N3O4/c1-27(18-13-11-16(12-14-18)23(26)29)25(31)21-15-17-7-3-5-9-20(17)28(21)24(30)19-8-4-6-10-22(19)32-2/h4,6,8,10-14,17,20-21H,3,5,7,9,15H2,1-2H3,(H2,26,29). The summed E-state index contributed by atoms with van der Waals surface area (Å²) >= 11 is 0. The highest BCUT2D eigenvalue weighted by Gasteiger charge is 2.48. The third-order valence-electron chi connectivity index (χ3n) is 6.81. The van der Waals surface area contributed by atoms with Gasteiger partial charge in [-0.25, -0.2) is 0 Å². The number of methoxy groups -OCH3 is 1. The Balaban J connectivity index is 1.65. The number of likely N-dealkylation sites (tertiary alicyclic amines) is 1. The Kier molecular flexibility index (Phi) is 6.17. The number of anilines is 1. The molecule has 7 heteroatoms. The molecule has 2 aromatic carbocycles. The highest BCUT2D eigenvalue weighted by molar-refractivity contribution is 6.04. The van der Waals surface area contributed by atoms with Crippen LogP contribution in [0.25, 0.3) is 0 Å². The van der Waals surface area contributed by atoms with Crippen LogP contribution in [0, 0.1) is 5.92 Å². The van der Waals surface area contributed by atoms with E-state index in [1.807, 2.05) is 12.1 Å². The van der Waals surface area contributed by atoms with Crippen molar-refractivity contribution in [2.24, 2.45) is 11.7 Å². The number of primary amides is 1. The molecule has 0 bridgehead atoms. The fourth-order valence-electron chi connectivity index (χ4n) is 5.13. The quantitative estimate of drug-likeness (QED) is 0.780. The molecule has 0 aromatic heterocycles. The summed E-state index contributed by atoms with van der Waals surface area (Å²) in [4.78, 5) is 42.0. The summed E-state index contributed by atoms with van der Waals surface area (Å²) in [7, 11) is 3.25. The summed E-state index contributed by atoms with van der Waals surface area (Å²) in [5.41, 5.74) is 6.84. The van der Waals surface area contributed by atoms with Crippen molar-refractivity contribution >= 4 is 23.4 Å². The summed E-state index contributed by atoms with van der Waals surface area (Å²) in [6.45, 7) is 0. The number of rotatable bonds is 5. The van der Waals surface area contributed by atoms with Crippen LogP contribution < -0.4 is 15.4 Å². The molecular formula is C25H29N3O4. The average molecular weight is 436 g/mol. The number of likely N-dealkylation sites (N-methyl/N-ethyl adjacent to an activating group) is 1. The molecule has 1 saturated heterocycles. The number of carbonyl (C=O) groups excluding carboxylic acids is 3. The second kappa shape index (κ2) is 9.02. The maximum atomic E-state index is 13.7. The lowest BCUT2D eigenvalue weighted by Gasteiger charge is -2.35. The van der Waals surface area contributed by atoms with Crippen molar-refractivity contribution in [2.45, 2.75) is 44.2 Å². The zero-order chi connectivity index (χ0) is 22.8. The molecule has 1 heterocycles. The predicted molar refractivity (Wildman–Crippen MR) is 122 cm³/mol. The van der Waals surface area contributed by atoms with Crippen LogP contribution in [0.15, 0.2) is 48.5 Å². The number of hydrogen-bond acceptors (Lipinski definition) is 4. The van der Waals surface area contributed by atoms with Gasteiger partial charge in [-0.3, -0.25) is 14.4 Å². The molecule has 7 nitrogen and oxygen atoms in total. The van der Waals surface area contributed by atoms with E-state index in [-0.39, 0.29) is 17.9 Å². The Morgan fingerprint density at radius 1 is 1.03 bits per heavy atom. The van der Waals surface area contributed by atoms with Crippen molar-refractivity contribution in [3.8, 4) is 5.75 Å². The van der Waals surface area contributed by atoms with Gasteiger partial charge in [-0.2, -0.15) is 0 Å². The van der Waals surface area contributed by atoms with E-state index < -0.39 is 11.9 Å². The SMILES string of the molecule is COc1ccccc1C(=O)N1C(C(=O)N(C)c2ccc(C(N)=O)cc2)CC2CCCCC21. The van der Waals surface area contributed by atoms with Crippen molar-refractivity contribution in [2.75, 3.05) is 19.1 Å². The first-order chi connectivity index (χ1) is 15.4. The number of para-hydroxylation sites is 1. The van der Waals surface area contributed by atoms with E-state index >= 15 is 0 Å². The maximum Gasteiger partial charge on any atom is 0.258 e. The summed E-state index contributed by atoms with van der Waals surface area (Å²) in [5, 5.41) is 0. The van der Waals surface area contributed by atoms with E-state index in [2.05, 4.69) is 0 Å². The van der Waals surface area contributed by atoms with Gasteiger partial charge < -0.3 is 20.3 Å². The van der Waals surface area contributed by atoms with E-state index in [9.17, 15) is 14.4 Å². The zero-order valence-corrected chi connectivity index (χ0v) is 18.5. The number of carbonyl (C=O) groups is 3. The first kappa shape index (κ1) is 21.9. The van der Waals surface area contributed by atoms with Gasteiger partial charge in [0.15, 0.2) is 0 Å². The van der Waals surface area contributed by atoms with E-state index in [1.54, 1.807) is 60.4 Å². The van der Waals surface area contributed by atoms with Gasteiger partial charge in [0.25, 0.3) is 5.91 Å². The van der Waals surface area contributed by atoms with Gasteiger partial charge >= 0.3 is 0 Å². The first-order valence-corrected chi connectivity index (χ1v) is 11.1. The smallest absolute Gasteiger partial charge is 0.258 e. The van der Waals surface area contributed by atoms with E-state index in [1.165, 1.54) is 0 Å². The number of amides is 3. The van der Waals surface area contributed by atoms with Crippen LogP contribution in [0.3, 0.4) is 0 Å². The molecule has 3 unspecified atom stereocenters. The lowest BCUT2D eigenvalue weighted by atomic mass is 9.84. The Morgan fingerprint density at radius 2 is 1.72 bits per heavy atom. The predicted octanol–water partition coefficient (Wildman–Crippen LogP) is 3.23. The van der Waals surface area contributed by atoms with E-state index in [4.69, 9.17) is 10.5 Å². The van der Waals surface area contributed by atoms with E-state index in [0.717, 1.165) is 25.7 Å². The van der Waals surface area contributed by atoms with Gasteiger partial charge in [-0.15, -0.1) is 0 Å². The third kappa shape index (κ3) is 3.95. The monoisotopic (exact) mass is 435 g/mol. The summed E-state index contributed by atoms with van der Waals surface area (Å²) in [6.07, 6.45) is 4.78. The molecule has 1 aliphatic heterocycles. The fourth-order valence-corrected chi connectivity index (χ4v) is 5.13. The molecule has 0 radical (unpaired) electrons. The van der Waals surface area contributed by atoms with Crippen molar-refractivity contribution in [3.05, 3.63) is 59.7 Å². The maximum absolute atomic E-state index is 13.7. The first-order valence-electron chi connectivity index (χ1n) is 11.1. The molecule has 4 rings (SSSR count). The number of benzene rings is 2. The average Bonchev–Trinajstić information content (AvgIpc) is 3.22. The molecule has 2 N–H and O–H groups in total. The van der Waals surface area contributed by atoms with Crippen LogP contribution in [-0.2, 0) is 4.79 Å². The number of nitrogens with two attached hydrogens (primary N) is 1. The molecular weight excluding hydrogens is 406 g/mol. The highest BCUT2D eigenvalue weighted by Crippen LogP contribution is 2.42. The molecule has 1 aliphatic carbocycles. The van der Waals surface area contributed by atoms with Crippen molar-refractivity contribution in [3.63, 3.8) is 0 Å². The van der Waals surface area contributed by atoms with Gasteiger partial charge in [0.1, 0.15) is 11.8 Å². The molecule has 1 saturated carbocycles. The highest BCUT2D eigenvalue weighted by atomic mass is 16.5. The third-order valence-corrected chi connectivity index (χ3v) is 6.81. The zero-order valence-electron chi connectivity index (χ0n) is 18.5. The Labute approximate surface area is 188 Å². The molecule has 0 spiro atoms. The second-order valence-corrected chi connectivity index (χ2v) is 8.58. The normalized spacial score (nSPS) is 22.2. The molecule has 3 amide bonds. The molecule has 2 fully saturated rings. The van der Waals surface area contributed by atoms with E-state index in [0.29, 0.717) is 34.9 Å². The van der Waals surface area contributed by atoms with Crippen LogP contribution in [-0.4, -0.2) is 48.9 Å². The van der Waals surface area contributed by atoms with Crippen molar-refractivity contribution in [1.82, 2.24) is 4.90 Å². The van der Waals surface area contributed by atoms with Gasteiger partial charge in [0.2, 0.25) is 11.8 Å². The molecule has 2 aromatic rings. The number of hydrogen-bond donors (Lipinski definition) is 1. The van der Waals surface area contributed by atoms with Gasteiger partial charge in [-0.05, 0) is 61.6 Å². The van der Waals surface area contributed by atoms with Crippen LogP contribution in [0.5, 0.6) is 5.75 Å². The van der Waals surface area contributed by atoms with Crippen LogP contribution >= 0.6 is 0 Å². The number of fused-ring (bicyclic) bond motifs is 1. The minimum atomic E-state index is -0.540.